The number of halogens is 5. The molecule has 1 aliphatic heterocycles. The zero-order valence-corrected chi connectivity index (χ0v) is 22.4. The molecule has 38 heavy (non-hydrogen) atoms. The van der Waals surface area contributed by atoms with E-state index in [-0.39, 0.29) is 17.7 Å². The van der Waals surface area contributed by atoms with Gasteiger partial charge in [0.25, 0.3) is 5.91 Å². The van der Waals surface area contributed by atoms with Crippen molar-refractivity contribution < 1.29 is 37.4 Å². The number of carbonyl (C=O) groups is 3. The molecule has 3 rings (SSSR count). The number of benzene rings is 2. The quantitative estimate of drug-likeness (QED) is 0.514. The zero-order valence-electron chi connectivity index (χ0n) is 20.9. The van der Waals surface area contributed by atoms with Gasteiger partial charge in [0.05, 0.1) is 22.8 Å². The lowest BCUT2D eigenvalue weighted by Crippen LogP contribution is -2.56. The lowest BCUT2D eigenvalue weighted by molar-refractivity contribution is -0.192. The highest BCUT2D eigenvalue weighted by atomic mass is 35.5. The Labute approximate surface area is 228 Å². The maximum absolute atomic E-state index is 13.2. The van der Waals surface area contributed by atoms with Gasteiger partial charge in [0.15, 0.2) is 0 Å². The number of aliphatic carboxylic acids is 1. The van der Waals surface area contributed by atoms with Crippen LogP contribution in [0.1, 0.15) is 24.2 Å². The van der Waals surface area contributed by atoms with Crippen molar-refractivity contribution in [1.82, 2.24) is 10.2 Å². The Morgan fingerprint density at radius 2 is 1.55 bits per heavy atom. The van der Waals surface area contributed by atoms with Crippen molar-refractivity contribution in [3.05, 3.63) is 58.1 Å². The lowest BCUT2D eigenvalue weighted by Gasteiger charge is -2.38. The molecule has 208 valence electrons. The van der Waals surface area contributed by atoms with Gasteiger partial charge in [0.1, 0.15) is 11.8 Å². The molecule has 2 aromatic rings. The fourth-order valence-corrected chi connectivity index (χ4v) is 4.19. The molecule has 0 saturated carbocycles. The third-order valence-corrected chi connectivity index (χ3v) is 6.25. The largest absolute Gasteiger partial charge is 0.495 e. The number of anilines is 1. The number of methoxy groups -OCH3 is 1. The number of ether oxygens (including phenoxy) is 1. The van der Waals surface area contributed by atoms with Gasteiger partial charge in [-0.25, -0.2) is 4.79 Å². The predicted octanol–water partition coefficient (Wildman–Crippen LogP) is 4.74. The smallest absolute Gasteiger partial charge is 0.490 e. The van der Waals surface area contributed by atoms with Crippen LogP contribution in [-0.4, -0.2) is 73.3 Å². The summed E-state index contributed by atoms with van der Waals surface area (Å²) in [5.41, 5.74) is 1.37. The third-order valence-electron chi connectivity index (χ3n) is 5.65. The first kappa shape index (κ1) is 31.0. The van der Waals surface area contributed by atoms with Gasteiger partial charge >= 0.3 is 12.1 Å². The van der Waals surface area contributed by atoms with Crippen molar-refractivity contribution in [2.75, 3.05) is 38.2 Å². The number of amides is 2. The van der Waals surface area contributed by atoms with Crippen LogP contribution in [-0.2, 0) is 9.59 Å². The molecule has 1 aliphatic rings. The molecular formula is C25H28Cl2F3N3O5. The molecule has 1 atom stereocenters. The summed E-state index contributed by atoms with van der Waals surface area (Å²) in [6.45, 7) is 6.17. The minimum Gasteiger partial charge on any atom is -0.495 e. The lowest BCUT2D eigenvalue weighted by atomic mass is 10.0. The van der Waals surface area contributed by atoms with E-state index in [0.717, 1.165) is 5.69 Å². The summed E-state index contributed by atoms with van der Waals surface area (Å²) >= 11 is 12.5. The molecule has 1 saturated heterocycles. The summed E-state index contributed by atoms with van der Waals surface area (Å²) < 4.78 is 37.0. The first-order valence-corrected chi connectivity index (χ1v) is 12.2. The second kappa shape index (κ2) is 13.6. The highest BCUT2D eigenvalue weighted by Gasteiger charge is 2.38. The highest BCUT2D eigenvalue weighted by molar-refractivity contribution is 6.37. The van der Waals surface area contributed by atoms with E-state index in [1.165, 1.54) is 0 Å². The van der Waals surface area contributed by atoms with E-state index in [1.807, 2.05) is 26.0 Å². The zero-order chi connectivity index (χ0) is 28.6. The molecule has 2 N–H and O–H groups in total. The molecule has 2 aromatic carbocycles. The SMILES string of the molecule is COc1cc(N2CCN(C(=O)[C@H](NC(=O)c3ccccc3)C(C)C)CC2)c(Cl)cc1Cl.O=C(O)C(F)(F)F. The molecule has 8 nitrogen and oxygen atoms in total. The summed E-state index contributed by atoms with van der Waals surface area (Å²) in [6, 6.07) is 11.8. The average molecular weight is 578 g/mol. The minimum absolute atomic E-state index is 0.0341. The molecule has 0 radical (unpaired) electrons. The first-order valence-electron chi connectivity index (χ1n) is 11.5. The standard InChI is InChI=1S/C23H27Cl2N3O3.C2HF3O2/c1-15(2)21(26-22(29)16-7-5-4-6-8-16)23(30)28-11-9-27(10-12-28)19-14-20(31-3)18(25)13-17(19)24;3-2(4,5)1(6)7/h4-8,13-15,21H,9-12H2,1-3H3,(H,26,29);(H,6,7)/t21-;/m1./s1. The van der Waals surface area contributed by atoms with Crippen LogP contribution < -0.4 is 15.0 Å². The van der Waals surface area contributed by atoms with E-state index >= 15 is 0 Å². The fraction of sp³-hybridized carbons (Fsp3) is 0.400. The molecule has 0 spiro atoms. The summed E-state index contributed by atoms with van der Waals surface area (Å²) in [7, 11) is 1.56. The number of carboxylic acid groups (broad SMARTS) is 1. The number of nitrogens with one attached hydrogen (secondary N) is 1. The van der Waals surface area contributed by atoms with Crippen molar-refractivity contribution in [1.29, 1.82) is 0 Å². The monoisotopic (exact) mass is 577 g/mol. The Morgan fingerprint density at radius 3 is 2.03 bits per heavy atom. The van der Waals surface area contributed by atoms with Crippen LogP contribution in [0.2, 0.25) is 10.0 Å². The van der Waals surface area contributed by atoms with Crippen LogP contribution in [0.3, 0.4) is 0 Å². The molecular weight excluding hydrogens is 550 g/mol. The molecule has 0 bridgehead atoms. The Kier molecular flexibility index (Phi) is 11.1. The molecule has 1 heterocycles. The van der Waals surface area contributed by atoms with E-state index < -0.39 is 18.2 Å². The second-order valence-electron chi connectivity index (χ2n) is 8.61. The Balaban J connectivity index is 0.000000638. The van der Waals surface area contributed by atoms with Gasteiger partial charge in [0.2, 0.25) is 5.91 Å². The first-order chi connectivity index (χ1) is 17.8. The van der Waals surface area contributed by atoms with Gasteiger partial charge in [-0.1, -0.05) is 55.2 Å². The molecule has 0 aliphatic carbocycles. The van der Waals surface area contributed by atoms with Crippen LogP contribution in [0.15, 0.2) is 42.5 Å². The van der Waals surface area contributed by atoms with Crippen LogP contribution in [0.4, 0.5) is 18.9 Å². The molecule has 0 unspecified atom stereocenters. The number of hydrogen-bond acceptors (Lipinski definition) is 5. The third kappa shape index (κ3) is 8.42. The normalized spacial score (nSPS) is 14.3. The van der Waals surface area contributed by atoms with Gasteiger partial charge in [-0.3, -0.25) is 9.59 Å². The van der Waals surface area contributed by atoms with E-state index in [0.29, 0.717) is 47.5 Å². The van der Waals surface area contributed by atoms with Crippen molar-refractivity contribution >= 4 is 46.7 Å². The number of carbonyl (C=O) groups excluding carboxylic acids is 2. The van der Waals surface area contributed by atoms with Crippen LogP contribution in [0.5, 0.6) is 5.75 Å². The van der Waals surface area contributed by atoms with Crippen molar-refractivity contribution in [3.8, 4) is 5.75 Å². The fourth-order valence-electron chi connectivity index (χ4n) is 3.61. The number of rotatable bonds is 6. The van der Waals surface area contributed by atoms with Crippen molar-refractivity contribution in [2.45, 2.75) is 26.1 Å². The Hall–Kier alpha value is -3.18. The molecule has 0 aromatic heterocycles. The Morgan fingerprint density at radius 1 is 1.00 bits per heavy atom. The molecule has 1 fully saturated rings. The number of carboxylic acids is 1. The van der Waals surface area contributed by atoms with E-state index in [2.05, 4.69) is 10.2 Å². The minimum atomic E-state index is -5.08. The average Bonchev–Trinajstić information content (AvgIpc) is 2.87. The second-order valence-corrected chi connectivity index (χ2v) is 9.43. The van der Waals surface area contributed by atoms with E-state index in [9.17, 15) is 22.8 Å². The summed E-state index contributed by atoms with van der Waals surface area (Å²) in [4.78, 5) is 38.6. The van der Waals surface area contributed by atoms with Gasteiger partial charge < -0.3 is 25.0 Å². The molecule has 13 heteroatoms. The van der Waals surface area contributed by atoms with E-state index in [4.69, 9.17) is 37.8 Å². The maximum atomic E-state index is 13.2. The predicted molar refractivity (Wildman–Crippen MR) is 138 cm³/mol. The number of hydrogen-bond donors (Lipinski definition) is 2. The van der Waals surface area contributed by atoms with Crippen molar-refractivity contribution in [3.63, 3.8) is 0 Å². The van der Waals surface area contributed by atoms with Crippen LogP contribution in [0.25, 0.3) is 0 Å². The summed E-state index contributed by atoms with van der Waals surface area (Å²) in [5, 5.41) is 11.0. The highest BCUT2D eigenvalue weighted by Crippen LogP contribution is 2.36. The van der Waals surface area contributed by atoms with Crippen LogP contribution in [0, 0.1) is 5.92 Å². The number of nitrogens with zero attached hydrogens (tertiary/aromatic N) is 2. The van der Waals surface area contributed by atoms with Crippen molar-refractivity contribution in [2.24, 2.45) is 5.92 Å². The maximum Gasteiger partial charge on any atom is 0.490 e. The van der Waals surface area contributed by atoms with Gasteiger partial charge in [-0.05, 0) is 24.1 Å². The van der Waals surface area contributed by atoms with Gasteiger partial charge in [-0.2, -0.15) is 13.2 Å². The number of alkyl halides is 3. The topological polar surface area (TPSA) is 99.2 Å². The van der Waals surface area contributed by atoms with Crippen LogP contribution >= 0.6 is 23.2 Å². The Bertz CT molecular complexity index is 1130. The summed E-state index contributed by atoms with van der Waals surface area (Å²) in [6.07, 6.45) is -5.08. The number of piperazine rings is 1. The summed E-state index contributed by atoms with van der Waals surface area (Å²) in [5.74, 6) is -2.55. The van der Waals surface area contributed by atoms with Gasteiger partial charge in [-0.15, -0.1) is 0 Å². The molecule has 2 amide bonds. The van der Waals surface area contributed by atoms with Gasteiger partial charge in [0, 0.05) is 37.8 Å². The van der Waals surface area contributed by atoms with E-state index in [1.54, 1.807) is 42.3 Å².